The minimum atomic E-state index is -0.147. The predicted molar refractivity (Wildman–Crippen MR) is 105 cm³/mol. The van der Waals surface area contributed by atoms with E-state index in [1.165, 1.54) is 0 Å². The average Bonchev–Trinajstić information content (AvgIpc) is 3.37. The third-order valence-corrected chi connectivity index (χ3v) is 4.64. The Bertz CT molecular complexity index is 1150. The van der Waals surface area contributed by atoms with Crippen molar-refractivity contribution < 1.29 is 9.53 Å². The normalized spacial score (nSPS) is 11.0. The standard InChI is InChI=1S/C20H20N6O2/c1-4-24(2)20(27)18-17-13-21-10-11-25(17)19(23-18)16-8-9-22-26(16)14-6-5-7-15(12-14)28-3/h5-13H,4H2,1-3H3. The summed E-state index contributed by atoms with van der Waals surface area (Å²) in [7, 11) is 3.38. The van der Waals surface area contributed by atoms with Crippen molar-refractivity contribution >= 4 is 11.4 Å². The van der Waals surface area contributed by atoms with Crippen LogP contribution in [0.3, 0.4) is 0 Å². The maximum atomic E-state index is 12.8. The van der Waals surface area contributed by atoms with E-state index in [9.17, 15) is 4.79 Å². The zero-order chi connectivity index (χ0) is 19.7. The molecule has 3 heterocycles. The van der Waals surface area contributed by atoms with E-state index in [1.807, 2.05) is 41.7 Å². The summed E-state index contributed by atoms with van der Waals surface area (Å²) >= 11 is 0. The monoisotopic (exact) mass is 376 g/mol. The molecule has 0 radical (unpaired) electrons. The highest BCUT2D eigenvalue weighted by molar-refractivity contribution is 5.99. The van der Waals surface area contributed by atoms with Gasteiger partial charge in [-0.25, -0.2) is 9.67 Å². The van der Waals surface area contributed by atoms with Crippen molar-refractivity contribution in [1.82, 2.24) is 29.0 Å². The molecule has 0 N–H and O–H groups in total. The highest BCUT2D eigenvalue weighted by Crippen LogP contribution is 2.26. The van der Waals surface area contributed by atoms with E-state index in [2.05, 4.69) is 15.1 Å². The molecular weight excluding hydrogens is 356 g/mol. The smallest absolute Gasteiger partial charge is 0.274 e. The molecule has 4 rings (SSSR count). The molecule has 28 heavy (non-hydrogen) atoms. The highest BCUT2D eigenvalue weighted by atomic mass is 16.5. The minimum Gasteiger partial charge on any atom is -0.497 e. The Morgan fingerprint density at radius 2 is 2.11 bits per heavy atom. The predicted octanol–water partition coefficient (Wildman–Crippen LogP) is 2.68. The number of benzene rings is 1. The number of carbonyl (C=O) groups excluding carboxylic acids is 1. The van der Waals surface area contributed by atoms with Gasteiger partial charge in [-0.1, -0.05) is 6.07 Å². The van der Waals surface area contributed by atoms with Gasteiger partial charge >= 0.3 is 0 Å². The van der Waals surface area contributed by atoms with E-state index < -0.39 is 0 Å². The Kier molecular flexibility index (Phi) is 4.52. The average molecular weight is 376 g/mol. The lowest BCUT2D eigenvalue weighted by Crippen LogP contribution is -2.26. The van der Waals surface area contributed by atoms with E-state index >= 15 is 0 Å². The number of rotatable bonds is 5. The summed E-state index contributed by atoms with van der Waals surface area (Å²) < 4.78 is 8.95. The molecule has 0 atom stereocenters. The largest absolute Gasteiger partial charge is 0.497 e. The fourth-order valence-corrected chi connectivity index (χ4v) is 3.02. The summed E-state index contributed by atoms with van der Waals surface area (Å²) in [5.41, 5.74) is 2.61. The van der Waals surface area contributed by atoms with Crippen molar-refractivity contribution in [3.63, 3.8) is 0 Å². The van der Waals surface area contributed by atoms with Crippen LogP contribution in [0.2, 0.25) is 0 Å². The van der Waals surface area contributed by atoms with Crippen molar-refractivity contribution in [3.8, 4) is 23.0 Å². The molecule has 0 aliphatic carbocycles. The fraction of sp³-hybridized carbons (Fsp3) is 0.200. The van der Waals surface area contributed by atoms with E-state index in [4.69, 9.17) is 4.74 Å². The van der Waals surface area contributed by atoms with Crippen LogP contribution < -0.4 is 4.74 Å². The van der Waals surface area contributed by atoms with Gasteiger partial charge in [0, 0.05) is 32.1 Å². The fourth-order valence-electron chi connectivity index (χ4n) is 3.02. The van der Waals surface area contributed by atoms with Gasteiger partial charge in [0.1, 0.15) is 11.4 Å². The SMILES string of the molecule is CCN(C)C(=O)c1nc(-c2ccnn2-c2cccc(OC)c2)n2ccncc12. The number of fused-ring (bicyclic) bond motifs is 1. The first-order valence-corrected chi connectivity index (χ1v) is 8.90. The molecule has 1 amide bonds. The first-order chi connectivity index (χ1) is 13.6. The molecule has 142 valence electrons. The Morgan fingerprint density at radius 3 is 2.89 bits per heavy atom. The van der Waals surface area contributed by atoms with E-state index in [-0.39, 0.29) is 5.91 Å². The van der Waals surface area contributed by atoms with Crippen LogP contribution in [-0.2, 0) is 0 Å². The van der Waals surface area contributed by atoms with Gasteiger partial charge in [-0.2, -0.15) is 5.10 Å². The molecule has 8 nitrogen and oxygen atoms in total. The number of hydrogen-bond donors (Lipinski definition) is 0. The second-order valence-corrected chi connectivity index (χ2v) is 6.26. The van der Waals surface area contributed by atoms with Crippen molar-refractivity contribution in [2.75, 3.05) is 20.7 Å². The molecule has 0 saturated carbocycles. The van der Waals surface area contributed by atoms with Gasteiger partial charge in [-0.3, -0.25) is 14.2 Å². The molecule has 4 aromatic rings. The number of hydrogen-bond acceptors (Lipinski definition) is 5. The number of imidazole rings is 1. The summed E-state index contributed by atoms with van der Waals surface area (Å²) in [6, 6.07) is 9.48. The number of carbonyl (C=O) groups is 1. The highest BCUT2D eigenvalue weighted by Gasteiger charge is 2.22. The molecular formula is C20H20N6O2. The third-order valence-electron chi connectivity index (χ3n) is 4.64. The van der Waals surface area contributed by atoms with Crippen LogP contribution >= 0.6 is 0 Å². The Balaban J connectivity index is 1.90. The molecule has 1 aromatic carbocycles. The van der Waals surface area contributed by atoms with Crippen LogP contribution in [0.4, 0.5) is 0 Å². The quantitative estimate of drug-likeness (QED) is 0.535. The second kappa shape index (κ2) is 7.15. The minimum absolute atomic E-state index is 0.147. The maximum Gasteiger partial charge on any atom is 0.274 e. The molecule has 0 bridgehead atoms. The van der Waals surface area contributed by atoms with E-state index in [0.29, 0.717) is 23.6 Å². The lowest BCUT2D eigenvalue weighted by molar-refractivity contribution is 0.0799. The van der Waals surface area contributed by atoms with Crippen LogP contribution in [-0.4, -0.2) is 55.7 Å². The summed E-state index contributed by atoms with van der Waals surface area (Å²) in [6.45, 7) is 2.52. The third kappa shape index (κ3) is 2.88. The number of nitrogens with zero attached hydrogens (tertiary/aromatic N) is 6. The zero-order valence-corrected chi connectivity index (χ0v) is 15.9. The Morgan fingerprint density at radius 1 is 1.25 bits per heavy atom. The van der Waals surface area contributed by atoms with Crippen molar-refractivity contribution in [2.45, 2.75) is 6.92 Å². The summed E-state index contributed by atoms with van der Waals surface area (Å²) in [5, 5.41) is 4.45. The van der Waals surface area contributed by atoms with Crippen molar-refractivity contribution in [3.05, 3.63) is 60.8 Å². The molecule has 0 unspecified atom stereocenters. The lowest BCUT2D eigenvalue weighted by atomic mass is 10.3. The second-order valence-electron chi connectivity index (χ2n) is 6.26. The number of methoxy groups -OCH3 is 1. The number of ether oxygens (including phenoxy) is 1. The summed E-state index contributed by atoms with van der Waals surface area (Å²) in [4.78, 5) is 23.3. The van der Waals surface area contributed by atoms with E-state index in [0.717, 1.165) is 17.1 Å². The van der Waals surface area contributed by atoms with Gasteiger partial charge in [-0.15, -0.1) is 0 Å². The Hall–Kier alpha value is -3.68. The van der Waals surface area contributed by atoms with Crippen LogP contribution in [0.1, 0.15) is 17.4 Å². The molecule has 0 aliphatic rings. The molecule has 8 heteroatoms. The van der Waals surface area contributed by atoms with Gasteiger partial charge in [-0.05, 0) is 25.1 Å². The molecule has 0 aliphatic heterocycles. The molecule has 0 saturated heterocycles. The number of amides is 1. The first-order valence-electron chi connectivity index (χ1n) is 8.90. The molecule has 3 aromatic heterocycles. The lowest BCUT2D eigenvalue weighted by Gasteiger charge is -2.12. The maximum absolute atomic E-state index is 12.8. The molecule has 0 spiro atoms. The van der Waals surface area contributed by atoms with Gasteiger partial charge in [0.05, 0.1) is 30.7 Å². The van der Waals surface area contributed by atoms with Gasteiger partial charge in [0.25, 0.3) is 5.91 Å². The van der Waals surface area contributed by atoms with Gasteiger partial charge < -0.3 is 9.64 Å². The van der Waals surface area contributed by atoms with Crippen molar-refractivity contribution in [1.29, 1.82) is 0 Å². The van der Waals surface area contributed by atoms with Crippen LogP contribution in [0.25, 0.3) is 22.7 Å². The first kappa shape index (κ1) is 17.7. The topological polar surface area (TPSA) is 77.5 Å². The van der Waals surface area contributed by atoms with E-state index in [1.54, 1.807) is 48.5 Å². The Labute approximate surface area is 162 Å². The summed E-state index contributed by atoms with van der Waals surface area (Å²) in [5.74, 6) is 1.20. The van der Waals surface area contributed by atoms with Crippen LogP contribution in [0, 0.1) is 0 Å². The van der Waals surface area contributed by atoms with Crippen molar-refractivity contribution in [2.24, 2.45) is 0 Å². The zero-order valence-electron chi connectivity index (χ0n) is 15.9. The van der Waals surface area contributed by atoms with Crippen LogP contribution in [0.5, 0.6) is 5.75 Å². The van der Waals surface area contributed by atoms with Gasteiger partial charge in [0.15, 0.2) is 11.5 Å². The van der Waals surface area contributed by atoms with Crippen LogP contribution in [0.15, 0.2) is 55.1 Å². The number of aromatic nitrogens is 5. The molecule has 0 fully saturated rings. The van der Waals surface area contributed by atoms with Gasteiger partial charge in [0.2, 0.25) is 0 Å². The summed E-state index contributed by atoms with van der Waals surface area (Å²) in [6.07, 6.45) is 6.82.